The molecule has 1 saturated heterocycles. The number of allylic oxidation sites excluding steroid dienone is 4. The molecule has 5 aliphatic carbocycles. The van der Waals surface area contributed by atoms with Gasteiger partial charge in [-0.3, -0.25) is 24.2 Å². The summed E-state index contributed by atoms with van der Waals surface area (Å²) in [4.78, 5) is 56.4. The third kappa shape index (κ3) is 5.30. The lowest BCUT2D eigenvalue weighted by Gasteiger charge is -2.59. The molecule has 0 radical (unpaired) electrons. The summed E-state index contributed by atoms with van der Waals surface area (Å²) in [6.07, 6.45) is 14.5. The maximum absolute atomic E-state index is 14.6. The van der Waals surface area contributed by atoms with Crippen LogP contribution in [-0.2, 0) is 28.6 Å². The Labute approximate surface area is 282 Å². The van der Waals surface area contributed by atoms with Crippen molar-refractivity contribution in [2.75, 3.05) is 13.2 Å². The fourth-order valence-electron chi connectivity index (χ4n) is 10.5. The van der Waals surface area contributed by atoms with Crippen molar-refractivity contribution in [1.82, 2.24) is 10.3 Å². The van der Waals surface area contributed by atoms with Crippen LogP contribution in [0.2, 0.25) is 0 Å². The first-order chi connectivity index (χ1) is 23.0. The molecule has 10 atom stereocenters. The van der Waals surface area contributed by atoms with Crippen LogP contribution in [-0.4, -0.2) is 70.8 Å². The standard InChI is InChI=1S/C38H48N2O8/c1-22(19-40-33(44)24-10-7-15-39-20-24)34(45)46-21-30(43)38-31(47-35(48-38)23-8-5-4-6-9-23)17-28-27-12-11-25-16-26(41)13-14-36(25,2)32(27)29(42)18-37(28,38)3/h7,10,13-16,20,22-23,27-29,31-32,35,42H,4-6,8-9,11-12,17-19,21H2,1-3H3,(H,40,44)/t22?,27-,28-,29-,31+,32+,35+,36-,37-,38+/m0/s1. The quantitative estimate of drug-likeness (QED) is 0.386. The van der Waals surface area contributed by atoms with E-state index in [0.29, 0.717) is 18.4 Å². The van der Waals surface area contributed by atoms with Crippen LogP contribution in [0.4, 0.5) is 0 Å². The molecular weight excluding hydrogens is 612 g/mol. The highest BCUT2D eigenvalue weighted by molar-refractivity contribution is 6.01. The van der Waals surface area contributed by atoms with E-state index in [4.69, 9.17) is 14.2 Å². The molecule has 5 fully saturated rings. The molecule has 0 aromatic carbocycles. The topological polar surface area (TPSA) is 141 Å². The van der Waals surface area contributed by atoms with Crippen molar-refractivity contribution in [2.45, 2.75) is 103 Å². The minimum absolute atomic E-state index is 0.00805. The second-order valence-corrected chi connectivity index (χ2v) is 15.6. The molecule has 1 aliphatic heterocycles. The predicted octanol–water partition coefficient (Wildman–Crippen LogP) is 4.51. The fraction of sp³-hybridized carbons (Fsp3) is 0.658. The molecular formula is C38H48N2O8. The lowest BCUT2D eigenvalue weighted by atomic mass is 9.46. The van der Waals surface area contributed by atoms with E-state index in [0.717, 1.165) is 44.1 Å². The number of aliphatic hydroxyl groups is 1. The summed E-state index contributed by atoms with van der Waals surface area (Å²) in [6, 6.07) is 3.30. The van der Waals surface area contributed by atoms with Crippen LogP contribution < -0.4 is 5.32 Å². The number of carbonyl (C=O) groups excluding carboxylic acids is 4. The van der Waals surface area contributed by atoms with Gasteiger partial charge in [-0.1, -0.05) is 51.7 Å². The molecule has 258 valence electrons. The second kappa shape index (κ2) is 12.6. The summed E-state index contributed by atoms with van der Waals surface area (Å²) in [5.41, 5.74) is -1.08. The minimum Gasteiger partial charge on any atom is -0.457 e. The molecule has 1 aromatic rings. The molecule has 0 spiro atoms. The molecule has 48 heavy (non-hydrogen) atoms. The van der Waals surface area contributed by atoms with Crippen molar-refractivity contribution >= 4 is 23.4 Å². The van der Waals surface area contributed by atoms with Crippen LogP contribution in [0.1, 0.15) is 88.9 Å². The maximum atomic E-state index is 14.6. The van der Waals surface area contributed by atoms with Gasteiger partial charge in [-0.25, -0.2) is 0 Å². The highest BCUT2D eigenvalue weighted by Gasteiger charge is 2.76. The van der Waals surface area contributed by atoms with Crippen LogP contribution in [0, 0.1) is 40.4 Å². The Morgan fingerprint density at radius 1 is 1.17 bits per heavy atom. The highest BCUT2D eigenvalue weighted by atomic mass is 16.7. The lowest BCUT2D eigenvalue weighted by Crippen LogP contribution is -2.63. The number of rotatable bonds is 8. The van der Waals surface area contributed by atoms with Crippen LogP contribution in [0.25, 0.3) is 0 Å². The van der Waals surface area contributed by atoms with Gasteiger partial charge in [-0.15, -0.1) is 0 Å². The Balaban J connectivity index is 1.11. The van der Waals surface area contributed by atoms with Gasteiger partial charge in [0.05, 0.1) is 23.7 Å². The molecule has 2 heterocycles. The van der Waals surface area contributed by atoms with Gasteiger partial charge in [0.15, 0.2) is 24.3 Å². The molecule has 1 unspecified atom stereocenters. The van der Waals surface area contributed by atoms with Crippen molar-refractivity contribution in [3.05, 3.63) is 53.9 Å². The minimum atomic E-state index is -1.36. The van der Waals surface area contributed by atoms with Crippen molar-refractivity contribution in [3.8, 4) is 0 Å². The zero-order valence-electron chi connectivity index (χ0n) is 28.2. The van der Waals surface area contributed by atoms with E-state index in [1.807, 2.05) is 6.08 Å². The van der Waals surface area contributed by atoms with Crippen LogP contribution in [0.3, 0.4) is 0 Å². The number of amides is 1. The number of hydrogen-bond acceptors (Lipinski definition) is 9. The number of ether oxygens (including phenoxy) is 3. The number of fused-ring (bicyclic) bond motifs is 7. The van der Waals surface area contributed by atoms with Gasteiger partial charge in [0.25, 0.3) is 5.91 Å². The van der Waals surface area contributed by atoms with Crippen molar-refractivity contribution in [3.63, 3.8) is 0 Å². The highest BCUT2D eigenvalue weighted by Crippen LogP contribution is 2.70. The number of nitrogens with one attached hydrogen (secondary N) is 1. The van der Waals surface area contributed by atoms with Gasteiger partial charge in [0.2, 0.25) is 5.78 Å². The molecule has 6 aliphatic rings. The average molecular weight is 661 g/mol. The number of hydrogen-bond donors (Lipinski definition) is 2. The number of nitrogens with zero attached hydrogens (tertiary/aromatic N) is 1. The molecule has 10 nitrogen and oxygen atoms in total. The third-order valence-corrected chi connectivity index (χ3v) is 12.9. The van der Waals surface area contributed by atoms with Crippen LogP contribution in [0.5, 0.6) is 0 Å². The monoisotopic (exact) mass is 660 g/mol. The van der Waals surface area contributed by atoms with Gasteiger partial charge < -0.3 is 24.6 Å². The van der Waals surface area contributed by atoms with Gasteiger partial charge in [0.1, 0.15) is 0 Å². The van der Waals surface area contributed by atoms with Crippen LogP contribution in [0.15, 0.2) is 48.3 Å². The van der Waals surface area contributed by atoms with E-state index in [-0.39, 0.29) is 47.7 Å². The van der Waals surface area contributed by atoms with E-state index in [1.54, 1.807) is 37.4 Å². The molecule has 4 saturated carbocycles. The Morgan fingerprint density at radius 2 is 1.96 bits per heavy atom. The summed E-state index contributed by atoms with van der Waals surface area (Å²) in [5, 5.41) is 14.8. The first-order valence-electron chi connectivity index (χ1n) is 17.8. The first-order valence-corrected chi connectivity index (χ1v) is 17.8. The summed E-state index contributed by atoms with van der Waals surface area (Å²) in [6.45, 7) is 5.43. The molecule has 1 aromatic heterocycles. The Morgan fingerprint density at radius 3 is 2.71 bits per heavy atom. The van der Waals surface area contributed by atoms with Crippen molar-refractivity contribution in [2.24, 2.45) is 40.4 Å². The number of ketones is 2. The van der Waals surface area contributed by atoms with Gasteiger partial charge in [0, 0.05) is 41.6 Å². The number of esters is 1. The van der Waals surface area contributed by atoms with Crippen molar-refractivity contribution in [1.29, 1.82) is 0 Å². The number of aliphatic hydroxyl groups excluding tert-OH is 1. The third-order valence-electron chi connectivity index (χ3n) is 12.9. The summed E-state index contributed by atoms with van der Waals surface area (Å²) >= 11 is 0. The van der Waals surface area contributed by atoms with E-state index in [2.05, 4.69) is 24.1 Å². The largest absolute Gasteiger partial charge is 0.457 e. The predicted molar refractivity (Wildman–Crippen MR) is 174 cm³/mol. The molecule has 10 heteroatoms. The SMILES string of the molecule is CC(CNC(=O)c1cccnc1)C(=O)OCC(=O)[C@@]12O[C@H](C3CCCCC3)O[C@@H]1C[C@H]1[C@@H]3CCC4=CC(=O)C=C[C@]4(C)[C@H]3[C@@H](O)C[C@@]12C. The number of aromatic nitrogens is 1. The van der Waals surface area contributed by atoms with E-state index in [9.17, 15) is 24.3 Å². The fourth-order valence-corrected chi connectivity index (χ4v) is 10.5. The molecule has 1 amide bonds. The zero-order chi connectivity index (χ0) is 33.8. The van der Waals surface area contributed by atoms with E-state index in [1.165, 1.54) is 12.6 Å². The first kappa shape index (κ1) is 33.3. The van der Waals surface area contributed by atoms with Gasteiger partial charge in [-0.05, 0) is 74.6 Å². The Hall–Kier alpha value is -3.21. The van der Waals surface area contributed by atoms with Crippen molar-refractivity contribution < 1.29 is 38.5 Å². The van der Waals surface area contributed by atoms with Gasteiger partial charge >= 0.3 is 5.97 Å². The van der Waals surface area contributed by atoms with Crippen LogP contribution >= 0.6 is 0 Å². The summed E-state index contributed by atoms with van der Waals surface area (Å²) < 4.78 is 19.3. The molecule has 0 bridgehead atoms. The van der Waals surface area contributed by atoms with Gasteiger partial charge in [-0.2, -0.15) is 0 Å². The summed E-state index contributed by atoms with van der Waals surface area (Å²) in [5.74, 6) is -1.73. The summed E-state index contributed by atoms with van der Waals surface area (Å²) in [7, 11) is 0. The normalized spacial score (nSPS) is 39.3. The van der Waals surface area contributed by atoms with E-state index < -0.39 is 53.4 Å². The van der Waals surface area contributed by atoms with E-state index >= 15 is 0 Å². The zero-order valence-corrected chi connectivity index (χ0v) is 28.2. The molecule has 7 rings (SSSR count). The second-order valence-electron chi connectivity index (χ2n) is 15.6. The molecule has 2 N–H and O–H groups in total. The smallest absolute Gasteiger partial charge is 0.310 e. The average Bonchev–Trinajstić information content (AvgIpc) is 3.59. The Kier molecular flexibility index (Phi) is 8.74. The Bertz CT molecular complexity index is 1520. The number of carbonyl (C=O) groups is 4. The lowest BCUT2D eigenvalue weighted by molar-refractivity contribution is -0.210. The number of pyridine rings is 1. The number of Topliss-reactive ketones (excluding diaryl/α,β-unsaturated/α-hetero) is 1. The maximum Gasteiger partial charge on any atom is 0.310 e.